The molecule has 0 bridgehead atoms. The molecule has 2 heterocycles. The number of carbonyl (C=O) groups is 1. The molecule has 2 rings (SSSR count). The van der Waals surface area contributed by atoms with E-state index in [4.69, 9.17) is 22.7 Å². The summed E-state index contributed by atoms with van der Waals surface area (Å²) in [5, 5.41) is 0. The van der Waals surface area contributed by atoms with Gasteiger partial charge in [0.1, 0.15) is 17.6 Å². The van der Waals surface area contributed by atoms with Gasteiger partial charge >= 0.3 is 5.97 Å². The Labute approximate surface area is 253 Å². The van der Waals surface area contributed by atoms with E-state index in [2.05, 4.69) is 82.2 Å². The summed E-state index contributed by atoms with van der Waals surface area (Å²) >= 11 is 0. The van der Waals surface area contributed by atoms with Crippen LogP contribution in [0.2, 0.25) is 34.8 Å². The third-order valence-electron chi connectivity index (χ3n) is 10.3. The van der Waals surface area contributed by atoms with Gasteiger partial charge in [0.15, 0.2) is 8.32 Å². The number of ether oxygens (including phenoxy) is 2. The molecule has 41 heavy (non-hydrogen) atoms. The molecule has 1 unspecified atom stereocenters. The highest BCUT2D eigenvalue weighted by molar-refractivity contribution is 6.77. The van der Waals surface area contributed by atoms with Crippen LogP contribution < -0.4 is 0 Å². The number of hydrogen-bond donors (Lipinski definition) is 0. The average Bonchev–Trinajstić information content (AvgIpc) is 3.28. The molecule has 6 atom stereocenters. The fraction of sp³-hybridized carbons (Fsp3) is 0.848. The Hall–Kier alpha value is -0.936. The quantitative estimate of drug-likeness (QED) is 0.145. The number of hydrogen-bond acceptors (Lipinski definition) is 6. The third-order valence-corrected chi connectivity index (χ3v) is 21.0. The Morgan fingerprint density at radius 3 is 1.90 bits per heavy atom. The van der Waals surface area contributed by atoms with Gasteiger partial charge in [0.2, 0.25) is 8.32 Å². The van der Waals surface area contributed by atoms with Crippen molar-refractivity contribution in [1.29, 1.82) is 0 Å². The minimum atomic E-state index is -2.02. The summed E-state index contributed by atoms with van der Waals surface area (Å²) in [6, 6.07) is 5.37. The van der Waals surface area contributed by atoms with Gasteiger partial charge in [-0.3, -0.25) is 4.79 Å². The number of aryl methyl sites for hydroxylation is 1. The van der Waals surface area contributed by atoms with Gasteiger partial charge in [-0.15, -0.1) is 0 Å². The SMILES string of the molecule is CCOC(=O)C(C)[C@@H]1O[C@H](c2cc(CO[Si](C(C)C)(C(C)C)C(C)C)c(C)o2)[C@@H](C)[C@@H](O[Si](CC)(CC)CC)[C@H]1C. The Balaban J connectivity index is 2.48. The topological polar surface area (TPSA) is 67.1 Å². The molecule has 1 aliphatic rings. The van der Waals surface area contributed by atoms with Crippen LogP contribution in [0.3, 0.4) is 0 Å². The van der Waals surface area contributed by atoms with Crippen molar-refractivity contribution in [1.82, 2.24) is 0 Å². The molecule has 6 nitrogen and oxygen atoms in total. The van der Waals surface area contributed by atoms with Crippen LogP contribution in [0.15, 0.2) is 10.5 Å². The second-order valence-corrected chi connectivity index (χ2v) is 23.6. The first kappa shape index (κ1) is 36.3. The van der Waals surface area contributed by atoms with Crippen molar-refractivity contribution in [2.24, 2.45) is 17.8 Å². The maximum atomic E-state index is 12.9. The van der Waals surface area contributed by atoms with Crippen LogP contribution in [0, 0.1) is 24.7 Å². The summed E-state index contributed by atoms with van der Waals surface area (Å²) in [6.07, 6.45) is -0.675. The molecule has 1 aliphatic heterocycles. The molecular formula is C33H62O6Si2. The van der Waals surface area contributed by atoms with Crippen LogP contribution in [0.25, 0.3) is 0 Å². The van der Waals surface area contributed by atoms with Crippen molar-refractivity contribution in [3.63, 3.8) is 0 Å². The lowest BCUT2D eigenvalue weighted by Crippen LogP contribution is -2.54. The van der Waals surface area contributed by atoms with E-state index in [1.54, 1.807) is 0 Å². The zero-order valence-corrected chi connectivity index (χ0v) is 30.8. The average molecular weight is 611 g/mol. The number of rotatable bonds is 15. The van der Waals surface area contributed by atoms with E-state index in [1.807, 2.05) is 20.8 Å². The highest BCUT2D eigenvalue weighted by atomic mass is 28.4. The molecule has 1 aromatic heterocycles. The summed E-state index contributed by atoms with van der Waals surface area (Å²) in [5.41, 5.74) is 2.63. The van der Waals surface area contributed by atoms with Gasteiger partial charge in [0, 0.05) is 17.4 Å². The van der Waals surface area contributed by atoms with Crippen LogP contribution in [-0.4, -0.2) is 41.4 Å². The summed E-state index contributed by atoms with van der Waals surface area (Å²) in [6.45, 7) is 31.8. The van der Waals surface area contributed by atoms with E-state index in [0.29, 0.717) is 29.8 Å². The standard InChI is InChI=1S/C33H62O6Si2/c1-15-35-33(34)26(13)30-24(11)31(39-40(16-2,17-3)18-4)25(12)32(38-30)29-19-28(27(14)37-29)20-36-41(21(5)6,22(7)8)23(9)10/h19,21-26,30-32H,15-18,20H2,1-14H3/t24-,25-,26?,30+,31-,32-/m0/s1. The molecule has 238 valence electrons. The Bertz CT molecular complexity index is 923. The predicted molar refractivity (Wildman–Crippen MR) is 173 cm³/mol. The maximum Gasteiger partial charge on any atom is 0.311 e. The largest absolute Gasteiger partial charge is 0.466 e. The highest BCUT2D eigenvalue weighted by Gasteiger charge is 2.50. The summed E-state index contributed by atoms with van der Waals surface area (Å²) in [4.78, 5) is 12.9. The minimum absolute atomic E-state index is 0.0323. The summed E-state index contributed by atoms with van der Waals surface area (Å²) < 4.78 is 32.8. The number of furan rings is 1. The van der Waals surface area contributed by atoms with Gasteiger partial charge in [-0.25, -0.2) is 0 Å². The molecule has 0 amide bonds. The normalized spacial score (nSPS) is 24.9. The first-order valence-electron chi connectivity index (χ1n) is 16.4. The Morgan fingerprint density at radius 1 is 0.902 bits per heavy atom. The van der Waals surface area contributed by atoms with Gasteiger partial charge in [-0.1, -0.05) is 76.2 Å². The van der Waals surface area contributed by atoms with E-state index < -0.39 is 22.6 Å². The first-order valence-corrected chi connectivity index (χ1v) is 21.1. The molecule has 0 spiro atoms. The van der Waals surface area contributed by atoms with E-state index >= 15 is 0 Å². The van der Waals surface area contributed by atoms with Gasteiger partial charge in [-0.05, 0) is 61.6 Å². The van der Waals surface area contributed by atoms with Gasteiger partial charge in [0.05, 0.1) is 31.3 Å². The van der Waals surface area contributed by atoms with Crippen molar-refractivity contribution in [2.75, 3.05) is 6.61 Å². The lowest BCUT2D eigenvalue weighted by molar-refractivity contribution is -0.193. The minimum Gasteiger partial charge on any atom is -0.466 e. The van der Waals surface area contributed by atoms with Crippen LogP contribution >= 0.6 is 0 Å². The lowest BCUT2D eigenvalue weighted by atomic mass is 9.78. The number of carbonyl (C=O) groups excluding carboxylic acids is 1. The van der Waals surface area contributed by atoms with Crippen molar-refractivity contribution < 1.29 is 27.5 Å². The van der Waals surface area contributed by atoms with Gasteiger partial charge in [0.25, 0.3) is 0 Å². The second-order valence-electron chi connectivity index (χ2n) is 13.4. The van der Waals surface area contributed by atoms with E-state index in [1.165, 1.54) is 0 Å². The van der Waals surface area contributed by atoms with Crippen molar-refractivity contribution in [2.45, 2.75) is 157 Å². The highest BCUT2D eigenvalue weighted by Crippen LogP contribution is 2.47. The van der Waals surface area contributed by atoms with E-state index in [0.717, 1.165) is 35.2 Å². The zero-order valence-electron chi connectivity index (χ0n) is 28.8. The lowest BCUT2D eigenvalue weighted by Gasteiger charge is -2.48. The molecule has 0 saturated carbocycles. The predicted octanol–water partition coefficient (Wildman–Crippen LogP) is 9.58. The molecule has 1 aromatic rings. The molecule has 1 fully saturated rings. The maximum absolute atomic E-state index is 12.9. The first-order chi connectivity index (χ1) is 19.2. The smallest absolute Gasteiger partial charge is 0.311 e. The Morgan fingerprint density at radius 2 is 1.44 bits per heavy atom. The fourth-order valence-corrected chi connectivity index (χ4v) is 16.0. The molecule has 0 aliphatic carbocycles. The molecule has 0 radical (unpaired) electrons. The Kier molecular flexibility index (Phi) is 13.4. The monoisotopic (exact) mass is 610 g/mol. The fourth-order valence-electron chi connectivity index (χ4n) is 7.60. The van der Waals surface area contributed by atoms with E-state index in [9.17, 15) is 4.79 Å². The second kappa shape index (κ2) is 15.2. The van der Waals surface area contributed by atoms with Crippen molar-refractivity contribution in [3.05, 3.63) is 23.2 Å². The molecule has 8 heteroatoms. The van der Waals surface area contributed by atoms with Crippen LogP contribution in [0.1, 0.15) is 113 Å². The number of esters is 1. The van der Waals surface area contributed by atoms with Crippen LogP contribution in [0.5, 0.6) is 0 Å². The van der Waals surface area contributed by atoms with Gasteiger partial charge in [-0.2, -0.15) is 0 Å². The summed E-state index contributed by atoms with van der Waals surface area (Å²) in [7, 11) is -3.94. The van der Waals surface area contributed by atoms with E-state index in [-0.39, 0.29) is 36.1 Å². The van der Waals surface area contributed by atoms with Gasteiger partial charge < -0.3 is 22.7 Å². The summed E-state index contributed by atoms with van der Waals surface area (Å²) in [5.74, 6) is 1.18. The zero-order chi connectivity index (χ0) is 31.3. The molecule has 1 saturated heterocycles. The molecule has 0 N–H and O–H groups in total. The molecular weight excluding hydrogens is 549 g/mol. The van der Waals surface area contributed by atoms with Crippen LogP contribution in [0.4, 0.5) is 0 Å². The third kappa shape index (κ3) is 7.59. The van der Waals surface area contributed by atoms with Crippen LogP contribution in [-0.2, 0) is 29.7 Å². The molecule has 0 aromatic carbocycles. The van der Waals surface area contributed by atoms with Crippen molar-refractivity contribution >= 4 is 22.6 Å². The van der Waals surface area contributed by atoms with Crippen molar-refractivity contribution in [3.8, 4) is 0 Å².